The normalized spacial score (nSPS) is 33.8. The lowest BCUT2D eigenvalue weighted by atomic mass is 9.80. The van der Waals surface area contributed by atoms with E-state index in [1.54, 1.807) is 0 Å². The van der Waals surface area contributed by atoms with E-state index in [0.717, 1.165) is 30.6 Å². The van der Waals surface area contributed by atoms with Crippen molar-refractivity contribution in [3.63, 3.8) is 0 Å². The maximum Gasteiger partial charge on any atom is 0.183 e. The average molecular weight is 288 g/mol. The number of benzene rings is 1. The van der Waals surface area contributed by atoms with Crippen molar-refractivity contribution < 1.29 is 9.47 Å². The minimum Gasteiger partial charge on any atom is -0.348 e. The molecule has 3 rings (SSSR count). The van der Waals surface area contributed by atoms with Crippen molar-refractivity contribution in [2.75, 3.05) is 13.2 Å². The molecule has 1 saturated heterocycles. The lowest BCUT2D eigenvalue weighted by molar-refractivity contribution is -0.202. The van der Waals surface area contributed by atoms with Gasteiger partial charge in [0.05, 0.1) is 13.2 Å². The molecule has 1 saturated carbocycles. The van der Waals surface area contributed by atoms with Crippen LogP contribution in [0.15, 0.2) is 24.3 Å². The Morgan fingerprint density at radius 2 is 1.48 bits per heavy atom. The summed E-state index contributed by atoms with van der Waals surface area (Å²) in [7, 11) is 0. The van der Waals surface area contributed by atoms with Gasteiger partial charge in [-0.15, -0.1) is 0 Å². The van der Waals surface area contributed by atoms with Gasteiger partial charge in [-0.1, -0.05) is 51.0 Å². The summed E-state index contributed by atoms with van der Waals surface area (Å²) in [5, 5.41) is 0. The van der Waals surface area contributed by atoms with E-state index in [2.05, 4.69) is 38.1 Å². The molecule has 2 aliphatic rings. The van der Waals surface area contributed by atoms with Gasteiger partial charge in [0.25, 0.3) is 0 Å². The van der Waals surface area contributed by atoms with Crippen LogP contribution in [0.3, 0.4) is 0 Å². The van der Waals surface area contributed by atoms with Gasteiger partial charge in [-0.2, -0.15) is 0 Å². The van der Waals surface area contributed by atoms with Gasteiger partial charge in [0.1, 0.15) is 0 Å². The summed E-state index contributed by atoms with van der Waals surface area (Å²) >= 11 is 0. The zero-order valence-electron chi connectivity index (χ0n) is 13.4. The molecule has 2 fully saturated rings. The predicted octanol–water partition coefficient (Wildman–Crippen LogP) is 4.74. The van der Waals surface area contributed by atoms with Crippen LogP contribution in [0, 0.1) is 17.8 Å². The topological polar surface area (TPSA) is 18.5 Å². The van der Waals surface area contributed by atoms with Gasteiger partial charge < -0.3 is 9.47 Å². The largest absolute Gasteiger partial charge is 0.348 e. The third-order valence-corrected chi connectivity index (χ3v) is 4.98. The van der Waals surface area contributed by atoms with E-state index in [4.69, 9.17) is 9.47 Å². The van der Waals surface area contributed by atoms with Gasteiger partial charge in [0.2, 0.25) is 0 Å². The van der Waals surface area contributed by atoms with Gasteiger partial charge in [-0.05, 0) is 36.7 Å². The first-order chi connectivity index (χ1) is 10.2. The molecule has 0 unspecified atom stereocenters. The first-order valence-corrected chi connectivity index (χ1v) is 8.52. The summed E-state index contributed by atoms with van der Waals surface area (Å²) in [6, 6.07) is 8.89. The number of rotatable bonds is 3. The van der Waals surface area contributed by atoms with Crippen molar-refractivity contribution in [1.29, 1.82) is 0 Å². The molecule has 1 heterocycles. The predicted molar refractivity (Wildman–Crippen MR) is 85.1 cm³/mol. The van der Waals surface area contributed by atoms with E-state index in [1.165, 1.54) is 37.7 Å². The summed E-state index contributed by atoms with van der Waals surface area (Å²) in [5.74, 6) is 2.33. The Balaban J connectivity index is 1.54. The average Bonchev–Trinajstić information content (AvgIpc) is 2.51. The van der Waals surface area contributed by atoms with E-state index in [9.17, 15) is 0 Å². The molecule has 0 aromatic heterocycles. The minimum atomic E-state index is -0.161. The molecular weight excluding hydrogens is 260 g/mol. The third kappa shape index (κ3) is 4.08. The van der Waals surface area contributed by atoms with E-state index in [1.807, 2.05) is 0 Å². The quantitative estimate of drug-likeness (QED) is 0.800. The summed E-state index contributed by atoms with van der Waals surface area (Å²) < 4.78 is 11.5. The molecular formula is C19H28O2. The molecule has 1 aromatic rings. The second kappa shape index (κ2) is 6.93. The molecule has 116 valence electrons. The second-order valence-corrected chi connectivity index (χ2v) is 7.18. The lowest BCUT2D eigenvalue weighted by Crippen LogP contribution is -2.25. The van der Waals surface area contributed by atoms with Gasteiger partial charge in [0.15, 0.2) is 6.29 Å². The van der Waals surface area contributed by atoms with E-state index >= 15 is 0 Å². The molecule has 0 radical (unpaired) electrons. The van der Waals surface area contributed by atoms with Crippen LogP contribution in [-0.4, -0.2) is 13.2 Å². The van der Waals surface area contributed by atoms with Crippen molar-refractivity contribution >= 4 is 0 Å². The Morgan fingerprint density at radius 1 is 0.857 bits per heavy atom. The van der Waals surface area contributed by atoms with Gasteiger partial charge >= 0.3 is 0 Å². The lowest BCUT2D eigenvalue weighted by Gasteiger charge is -2.28. The van der Waals surface area contributed by atoms with E-state index in [0.29, 0.717) is 5.92 Å². The monoisotopic (exact) mass is 288 g/mol. The highest BCUT2D eigenvalue weighted by atomic mass is 16.7. The SMILES string of the molecule is CC1CCC(Cc2ccc(C3OCC(C)CO3)cc2)CC1. The molecule has 21 heavy (non-hydrogen) atoms. The molecule has 1 aliphatic heterocycles. The van der Waals surface area contributed by atoms with Crippen molar-refractivity contribution in [2.24, 2.45) is 17.8 Å². The molecule has 2 heteroatoms. The summed E-state index contributed by atoms with van der Waals surface area (Å²) in [6.45, 7) is 6.14. The van der Waals surface area contributed by atoms with Crippen molar-refractivity contribution in [1.82, 2.24) is 0 Å². The highest BCUT2D eigenvalue weighted by molar-refractivity contribution is 5.24. The highest BCUT2D eigenvalue weighted by Gasteiger charge is 2.21. The van der Waals surface area contributed by atoms with Crippen LogP contribution < -0.4 is 0 Å². The molecule has 1 aromatic carbocycles. The van der Waals surface area contributed by atoms with Crippen molar-refractivity contribution in [2.45, 2.75) is 52.2 Å². The zero-order valence-corrected chi connectivity index (χ0v) is 13.4. The Labute approximate surface area is 128 Å². The van der Waals surface area contributed by atoms with E-state index in [-0.39, 0.29) is 6.29 Å². The Hall–Kier alpha value is -0.860. The van der Waals surface area contributed by atoms with Crippen LogP contribution >= 0.6 is 0 Å². The molecule has 2 nitrogen and oxygen atoms in total. The van der Waals surface area contributed by atoms with Crippen LogP contribution in [0.5, 0.6) is 0 Å². The summed E-state index contributed by atoms with van der Waals surface area (Å²) in [5.41, 5.74) is 2.62. The fourth-order valence-corrected chi connectivity index (χ4v) is 3.47. The maximum absolute atomic E-state index is 5.76. The number of hydrogen-bond donors (Lipinski definition) is 0. The first-order valence-electron chi connectivity index (χ1n) is 8.52. The molecule has 0 amide bonds. The van der Waals surface area contributed by atoms with Gasteiger partial charge in [-0.3, -0.25) is 0 Å². The van der Waals surface area contributed by atoms with Crippen LogP contribution in [0.1, 0.15) is 56.9 Å². The fraction of sp³-hybridized carbons (Fsp3) is 0.684. The third-order valence-electron chi connectivity index (χ3n) is 4.98. The second-order valence-electron chi connectivity index (χ2n) is 7.18. The first kappa shape index (κ1) is 15.1. The molecule has 0 N–H and O–H groups in total. The summed E-state index contributed by atoms with van der Waals surface area (Å²) in [4.78, 5) is 0. The molecule has 0 bridgehead atoms. The fourth-order valence-electron chi connectivity index (χ4n) is 3.47. The standard InChI is InChI=1S/C19H28O2/c1-14-3-5-16(6-4-14)11-17-7-9-18(10-8-17)19-20-12-15(2)13-21-19/h7-10,14-16,19H,3-6,11-13H2,1-2H3. The Bertz CT molecular complexity index is 423. The smallest absolute Gasteiger partial charge is 0.183 e. The molecule has 0 spiro atoms. The zero-order chi connectivity index (χ0) is 14.7. The van der Waals surface area contributed by atoms with Crippen LogP contribution in [0.4, 0.5) is 0 Å². The number of ether oxygens (including phenoxy) is 2. The van der Waals surface area contributed by atoms with Crippen LogP contribution in [0.2, 0.25) is 0 Å². The van der Waals surface area contributed by atoms with Crippen LogP contribution in [-0.2, 0) is 15.9 Å². The molecule has 1 aliphatic carbocycles. The van der Waals surface area contributed by atoms with Crippen LogP contribution in [0.25, 0.3) is 0 Å². The van der Waals surface area contributed by atoms with Crippen molar-refractivity contribution in [3.05, 3.63) is 35.4 Å². The number of hydrogen-bond acceptors (Lipinski definition) is 2. The molecule has 0 atom stereocenters. The Kier molecular flexibility index (Phi) is 4.97. The minimum absolute atomic E-state index is 0.161. The highest BCUT2D eigenvalue weighted by Crippen LogP contribution is 2.31. The maximum atomic E-state index is 5.76. The summed E-state index contributed by atoms with van der Waals surface area (Å²) in [6.07, 6.45) is 6.68. The van der Waals surface area contributed by atoms with E-state index < -0.39 is 0 Å². The Morgan fingerprint density at radius 3 is 2.10 bits per heavy atom. The van der Waals surface area contributed by atoms with Crippen molar-refractivity contribution in [3.8, 4) is 0 Å². The van der Waals surface area contributed by atoms with Gasteiger partial charge in [-0.25, -0.2) is 0 Å². The van der Waals surface area contributed by atoms with Gasteiger partial charge in [0, 0.05) is 11.5 Å².